The van der Waals surface area contributed by atoms with Crippen LogP contribution in [0, 0.1) is 5.92 Å². The minimum Gasteiger partial charge on any atom is -0.390 e. The molecule has 330 valence electrons. The highest BCUT2D eigenvalue weighted by Crippen LogP contribution is 2.37. The topological polar surface area (TPSA) is 208 Å². The molecule has 0 spiro atoms. The van der Waals surface area contributed by atoms with Crippen molar-refractivity contribution in [3.05, 3.63) is 65.2 Å². The molecule has 2 aliphatic heterocycles. The van der Waals surface area contributed by atoms with Gasteiger partial charge in [0, 0.05) is 49.7 Å². The Kier molecular flexibility index (Phi) is 12.1. The van der Waals surface area contributed by atoms with Crippen molar-refractivity contribution in [2.75, 3.05) is 36.1 Å². The lowest BCUT2D eigenvalue weighted by molar-refractivity contribution is -0.136. The average molecular weight is 858 g/mol. The van der Waals surface area contributed by atoms with Crippen LogP contribution >= 0.6 is 0 Å². The van der Waals surface area contributed by atoms with E-state index in [4.69, 9.17) is 0 Å². The van der Waals surface area contributed by atoms with Crippen LogP contribution in [-0.2, 0) is 9.59 Å². The van der Waals surface area contributed by atoms with Crippen molar-refractivity contribution < 1.29 is 37.9 Å². The number of alkyl halides is 2. The molecular formula is C43H53F2N11O6. The number of carbonyl (C=O) groups is 5. The molecule has 1 unspecified atom stereocenters. The molecule has 4 aromatic rings. The predicted octanol–water partition coefficient (Wildman–Crippen LogP) is 5.18. The number of halogens is 2. The van der Waals surface area contributed by atoms with Gasteiger partial charge in [0.05, 0.1) is 34.7 Å². The number of rotatable bonds is 14. The summed E-state index contributed by atoms with van der Waals surface area (Å²) in [5.74, 6) is -1.83. The molecule has 0 bridgehead atoms. The Hall–Kier alpha value is -5.82. The molecule has 4 aliphatic rings. The van der Waals surface area contributed by atoms with E-state index < -0.39 is 53.3 Å². The van der Waals surface area contributed by atoms with Gasteiger partial charge in [-0.25, -0.2) is 18.3 Å². The van der Waals surface area contributed by atoms with Crippen molar-refractivity contribution in [1.29, 1.82) is 0 Å². The SMILES string of the molecule is CN(CC1CCC(n2cc(NC(=O)c3cnn4ccc(NCCC(C)(C)O)nc34)c(C(F)F)n2)CC1)C1CCC(Nc2cccc3c2C(=O)N(C2CCC(=O)NC2=O)C3=O)CC1. The number of benzene rings is 1. The van der Waals surface area contributed by atoms with Crippen molar-refractivity contribution >= 4 is 52.4 Å². The van der Waals surface area contributed by atoms with Crippen molar-refractivity contribution in [2.24, 2.45) is 5.92 Å². The van der Waals surface area contributed by atoms with Gasteiger partial charge in [0.25, 0.3) is 24.1 Å². The molecule has 0 radical (unpaired) electrons. The van der Waals surface area contributed by atoms with Gasteiger partial charge in [-0.3, -0.25) is 38.9 Å². The van der Waals surface area contributed by atoms with Crippen LogP contribution in [0.2, 0.25) is 0 Å². The molecular weight excluding hydrogens is 805 g/mol. The number of hydrogen-bond donors (Lipinski definition) is 5. The maximum absolute atomic E-state index is 14.3. The molecule has 8 rings (SSSR count). The van der Waals surface area contributed by atoms with E-state index in [1.165, 1.54) is 16.9 Å². The summed E-state index contributed by atoms with van der Waals surface area (Å²) in [6.45, 7) is 4.77. The number of hydrogen-bond acceptors (Lipinski definition) is 12. The number of amides is 5. The third-order valence-corrected chi connectivity index (χ3v) is 12.8. The van der Waals surface area contributed by atoms with Gasteiger partial charge in [0.2, 0.25) is 11.8 Å². The van der Waals surface area contributed by atoms with Crippen LogP contribution in [0.3, 0.4) is 0 Å². The van der Waals surface area contributed by atoms with E-state index in [-0.39, 0.29) is 53.0 Å². The highest BCUT2D eigenvalue weighted by Gasteiger charge is 2.46. The number of imide groups is 2. The van der Waals surface area contributed by atoms with Gasteiger partial charge in [-0.15, -0.1) is 0 Å². The zero-order chi connectivity index (χ0) is 43.9. The fourth-order valence-electron chi connectivity index (χ4n) is 9.33. The number of carbonyl (C=O) groups excluding carboxylic acids is 5. The summed E-state index contributed by atoms with van der Waals surface area (Å²) in [6, 6.07) is 6.17. The van der Waals surface area contributed by atoms with E-state index >= 15 is 0 Å². The number of nitrogens with one attached hydrogen (secondary N) is 4. The lowest BCUT2D eigenvalue weighted by Crippen LogP contribution is -2.54. The second-order valence-corrected chi connectivity index (χ2v) is 17.7. The Bertz CT molecular complexity index is 2360. The van der Waals surface area contributed by atoms with Crippen LogP contribution < -0.4 is 21.3 Å². The largest absolute Gasteiger partial charge is 0.390 e. The normalized spacial score (nSPS) is 23.3. The summed E-state index contributed by atoms with van der Waals surface area (Å²) in [5, 5.41) is 30.0. The molecule has 62 heavy (non-hydrogen) atoms. The summed E-state index contributed by atoms with van der Waals surface area (Å²) in [7, 11) is 2.15. The smallest absolute Gasteiger partial charge is 0.284 e. The Morgan fingerprint density at radius 1 is 1.00 bits per heavy atom. The van der Waals surface area contributed by atoms with E-state index in [1.54, 1.807) is 49.0 Å². The number of aliphatic hydroxyl groups is 1. The van der Waals surface area contributed by atoms with Crippen molar-refractivity contribution in [1.82, 2.24) is 39.5 Å². The van der Waals surface area contributed by atoms with Crippen LogP contribution in [0.5, 0.6) is 0 Å². The van der Waals surface area contributed by atoms with Gasteiger partial charge in [-0.2, -0.15) is 10.2 Å². The minimum absolute atomic E-state index is 0.0540. The van der Waals surface area contributed by atoms with E-state index in [9.17, 15) is 37.9 Å². The molecule has 5 amide bonds. The second-order valence-electron chi connectivity index (χ2n) is 17.7. The highest BCUT2D eigenvalue weighted by molar-refractivity contribution is 6.25. The summed E-state index contributed by atoms with van der Waals surface area (Å²) >= 11 is 0. The fraction of sp³-hybridized carbons (Fsp3) is 0.535. The number of anilines is 3. The zero-order valence-corrected chi connectivity index (χ0v) is 35.1. The van der Waals surface area contributed by atoms with Crippen LogP contribution in [0.25, 0.3) is 5.65 Å². The molecule has 3 fully saturated rings. The first-order valence-corrected chi connectivity index (χ1v) is 21.4. The fourth-order valence-corrected chi connectivity index (χ4v) is 9.33. The molecule has 5 heterocycles. The van der Waals surface area contributed by atoms with Gasteiger partial charge in [-0.05, 0) is 109 Å². The molecule has 2 saturated carbocycles. The van der Waals surface area contributed by atoms with Gasteiger partial charge >= 0.3 is 0 Å². The molecule has 1 aromatic carbocycles. The maximum atomic E-state index is 14.3. The van der Waals surface area contributed by atoms with Crippen LogP contribution in [0.15, 0.2) is 42.9 Å². The lowest BCUT2D eigenvalue weighted by Gasteiger charge is -2.38. The quantitative estimate of drug-likeness (QED) is 0.104. The summed E-state index contributed by atoms with van der Waals surface area (Å²) in [4.78, 5) is 72.4. The summed E-state index contributed by atoms with van der Waals surface area (Å²) < 4.78 is 31.5. The Morgan fingerprint density at radius 3 is 2.47 bits per heavy atom. The molecule has 17 nitrogen and oxygen atoms in total. The molecule has 2 aliphatic carbocycles. The second kappa shape index (κ2) is 17.5. The molecule has 5 N–H and O–H groups in total. The number of piperidine rings is 1. The Morgan fingerprint density at radius 2 is 1.76 bits per heavy atom. The summed E-state index contributed by atoms with van der Waals surface area (Å²) in [5.41, 5.74) is 0.0561. The molecule has 19 heteroatoms. The van der Waals surface area contributed by atoms with E-state index in [0.717, 1.165) is 62.8 Å². The summed E-state index contributed by atoms with van der Waals surface area (Å²) in [6.07, 6.45) is 9.17. The Labute approximate surface area is 357 Å². The van der Waals surface area contributed by atoms with Crippen LogP contribution in [-0.4, -0.2) is 113 Å². The van der Waals surface area contributed by atoms with Gasteiger partial charge in [0.15, 0.2) is 11.3 Å². The monoisotopic (exact) mass is 857 g/mol. The number of aromatic nitrogens is 5. The third-order valence-electron chi connectivity index (χ3n) is 12.8. The van der Waals surface area contributed by atoms with E-state index in [2.05, 4.69) is 48.4 Å². The predicted molar refractivity (Wildman–Crippen MR) is 224 cm³/mol. The van der Waals surface area contributed by atoms with E-state index in [1.807, 2.05) is 0 Å². The van der Waals surface area contributed by atoms with Gasteiger partial charge < -0.3 is 26.0 Å². The molecule has 1 saturated heterocycles. The third kappa shape index (κ3) is 9.04. The van der Waals surface area contributed by atoms with Crippen molar-refractivity contribution in [2.45, 2.75) is 121 Å². The first-order chi connectivity index (χ1) is 29.6. The standard InChI is InChI=1S/C43H53F2N11O6/c1-43(2,62)18-19-46-33-17-20-54-38(50-33)29(21-47-54)39(58)49-31-23-55(52-36(31)37(44)45)27-11-7-24(8-12-27)22-53(3)26-13-9-25(10-14-26)48-30-6-4-5-28-35(30)42(61)56(41(28)60)32-15-16-34(57)51-40(32)59/h4-6,17,20-21,23-27,32,37,48,62H,7-16,18-19,22H2,1-3H3,(H,46,50)(H,49,58)(H,51,57,59). The molecule has 1 atom stereocenters. The average Bonchev–Trinajstić information content (AvgIpc) is 3.92. The first kappa shape index (κ1) is 42.9. The van der Waals surface area contributed by atoms with Gasteiger partial charge in [-0.1, -0.05) is 6.07 Å². The van der Waals surface area contributed by atoms with Crippen LogP contribution in [0.4, 0.5) is 26.0 Å². The number of fused-ring (bicyclic) bond motifs is 2. The Balaban J connectivity index is 0.821. The highest BCUT2D eigenvalue weighted by atomic mass is 19.3. The first-order valence-electron chi connectivity index (χ1n) is 21.4. The minimum atomic E-state index is -2.90. The van der Waals surface area contributed by atoms with Gasteiger partial charge in [0.1, 0.15) is 17.4 Å². The van der Waals surface area contributed by atoms with Crippen molar-refractivity contribution in [3.63, 3.8) is 0 Å². The maximum Gasteiger partial charge on any atom is 0.284 e. The zero-order valence-electron chi connectivity index (χ0n) is 35.1. The van der Waals surface area contributed by atoms with E-state index in [0.29, 0.717) is 36.4 Å². The van der Waals surface area contributed by atoms with Crippen molar-refractivity contribution in [3.8, 4) is 0 Å². The molecule has 3 aromatic heterocycles. The number of nitrogens with zero attached hydrogens (tertiary/aromatic N) is 7. The van der Waals surface area contributed by atoms with Crippen LogP contribution in [0.1, 0.15) is 134 Å². The lowest BCUT2D eigenvalue weighted by atomic mass is 9.84.